The van der Waals surface area contributed by atoms with Crippen molar-refractivity contribution in [1.82, 2.24) is 4.57 Å². The second kappa shape index (κ2) is 11.3. The average molecular weight is 543 g/mol. The predicted molar refractivity (Wildman–Crippen MR) is 153 cm³/mol. The Kier molecular flexibility index (Phi) is 7.65. The highest BCUT2D eigenvalue weighted by molar-refractivity contribution is 7.07. The third-order valence-electron chi connectivity index (χ3n) is 6.52. The van der Waals surface area contributed by atoms with Crippen molar-refractivity contribution in [3.63, 3.8) is 0 Å². The molecule has 3 aromatic carbocycles. The van der Waals surface area contributed by atoms with Gasteiger partial charge < -0.3 is 14.2 Å². The molecule has 1 atom stereocenters. The molecule has 7 nitrogen and oxygen atoms in total. The number of thiazole rings is 1. The van der Waals surface area contributed by atoms with Crippen molar-refractivity contribution < 1.29 is 19.0 Å². The Hall–Kier alpha value is -4.17. The van der Waals surface area contributed by atoms with Crippen LogP contribution in [0.5, 0.6) is 11.5 Å². The number of rotatable bonds is 8. The van der Waals surface area contributed by atoms with Crippen LogP contribution in [0.3, 0.4) is 0 Å². The standard InChI is InChI=1S/C31H30N2O5S/c1-5-36-22-16-15-21(25(18-22)37-6-2)17-26-29(34)33-28(24-14-10-12-20-11-8-9-13-23(20)24)27(30(35)38-7-3)19(4)32-31(33)39-26/h8-18,28H,5-7H2,1-4H3/b26-17+/t28-/m1/s1. The molecule has 0 amide bonds. The first-order valence-corrected chi connectivity index (χ1v) is 13.8. The van der Waals surface area contributed by atoms with Gasteiger partial charge in [-0.15, -0.1) is 0 Å². The molecular weight excluding hydrogens is 512 g/mol. The molecule has 1 aromatic heterocycles. The summed E-state index contributed by atoms with van der Waals surface area (Å²) in [6.45, 7) is 8.63. The smallest absolute Gasteiger partial charge is 0.338 e. The minimum Gasteiger partial charge on any atom is -0.494 e. The second-order valence-electron chi connectivity index (χ2n) is 8.94. The molecule has 0 fully saturated rings. The van der Waals surface area contributed by atoms with Crippen molar-refractivity contribution in [1.29, 1.82) is 0 Å². The van der Waals surface area contributed by atoms with Gasteiger partial charge in [0.05, 0.1) is 41.7 Å². The third-order valence-corrected chi connectivity index (χ3v) is 7.50. The Morgan fingerprint density at radius 2 is 1.77 bits per heavy atom. The lowest BCUT2D eigenvalue weighted by Crippen LogP contribution is -2.40. The van der Waals surface area contributed by atoms with E-state index in [0.717, 1.165) is 21.9 Å². The summed E-state index contributed by atoms with van der Waals surface area (Å²) in [7, 11) is 0. The van der Waals surface area contributed by atoms with Gasteiger partial charge >= 0.3 is 5.97 Å². The van der Waals surface area contributed by atoms with Crippen LogP contribution in [0.25, 0.3) is 16.8 Å². The summed E-state index contributed by atoms with van der Waals surface area (Å²) >= 11 is 1.29. The van der Waals surface area contributed by atoms with Gasteiger partial charge in [-0.3, -0.25) is 9.36 Å². The molecule has 2 heterocycles. The van der Waals surface area contributed by atoms with E-state index in [1.165, 1.54) is 11.3 Å². The van der Waals surface area contributed by atoms with Crippen LogP contribution in [-0.2, 0) is 9.53 Å². The molecule has 1 aliphatic heterocycles. The van der Waals surface area contributed by atoms with Gasteiger partial charge in [0.15, 0.2) is 4.80 Å². The van der Waals surface area contributed by atoms with Crippen molar-refractivity contribution >= 4 is 34.2 Å². The van der Waals surface area contributed by atoms with Crippen LogP contribution in [0.2, 0.25) is 0 Å². The number of fused-ring (bicyclic) bond motifs is 2. The third kappa shape index (κ3) is 5.00. The summed E-state index contributed by atoms with van der Waals surface area (Å²) in [6.07, 6.45) is 1.81. The first kappa shape index (κ1) is 26.4. The SMILES string of the molecule is CCOC(=O)C1=C(C)N=c2s/c(=C/c3ccc(OCC)cc3OCC)c(=O)n2[C@@H]1c1cccc2ccccc12. The normalized spacial score (nSPS) is 15.2. The van der Waals surface area contributed by atoms with E-state index in [0.29, 0.717) is 45.3 Å². The molecule has 4 aromatic rings. The number of esters is 1. The fourth-order valence-corrected chi connectivity index (χ4v) is 5.92. The summed E-state index contributed by atoms with van der Waals surface area (Å²) in [4.78, 5) is 32.5. The van der Waals surface area contributed by atoms with Gasteiger partial charge in [0.2, 0.25) is 0 Å². The highest BCUT2D eigenvalue weighted by Crippen LogP contribution is 2.35. The van der Waals surface area contributed by atoms with Gasteiger partial charge in [-0.1, -0.05) is 53.8 Å². The molecular formula is C31H30N2O5S. The largest absolute Gasteiger partial charge is 0.494 e. The molecule has 0 N–H and O–H groups in total. The van der Waals surface area contributed by atoms with E-state index in [4.69, 9.17) is 19.2 Å². The van der Waals surface area contributed by atoms with Gasteiger partial charge in [0.1, 0.15) is 11.5 Å². The quantitative estimate of drug-likeness (QED) is 0.300. The van der Waals surface area contributed by atoms with Gasteiger partial charge in [0, 0.05) is 11.6 Å². The molecule has 39 heavy (non-hydrogen) atoms. The number of nitrogens with zero attached hydrogens (tertiary/aromatic N) is 2. The van der Waals surface area contributed by atoms with Crippen LogP contribution in [0, 0.1) is 0 Å². The van der Waals surface area contributed by atoms with Crippen molar-refractivity contribution in [3.05, 3.63) is 103 Å². The molecule has 0 unspecified atom stereocenters. The summed E-state index contributed by atoms with van der Waals surface area (Å²) in [5.41, 5.74) is 2.27. The zero-order valence-corrected chi connectivity index (χ0v) is 23.2. The molecule has 0 bridgehead atoms. The average Bonchev–Trinajstić information content (AvgIpc) is 3.23. The number of carbonyl (C=O) groups is 1. The molecule has 0 saturated carbocycles. The van der Waals surface area contributed by atoms with E-state index >= 15 is 0 Å². The van der Waals surface area contributed by atoms with Crippen LogP contribution < -0.4 is 24.4 Å². The molecule has 0 spiro atoms. The van der Waals surface area contributed by atoms with Crippen LogP contribution in [0.1, 0.15) is 44.9 Å². The lowest BCUT2D eigenvalue weighted by Gasteiger charge is -2.25. The first-order valence-electron chi connectivity index (χ1n) is 13.0. The highest BCUT2D eigenvalue weighted by atomic mass is 32.1. The Balaban J connectivity index is 1.75. The predicted octanol–water partition coefficient (Wildman–Crippen LogP) is 4.75. The van der Waals surface area contributed by atoms with Gasteiger partial charge in [0.25, 0.3) is 5.56 Å². The van der Waals surface area contributed by atoms with E-state index in [1.807, 2.05) is 80.6 Å². The summed E-state index contributed by atoms with van der Waals surface area (Å²) in [5.74, 6) is 0.851. The Morgan fingerprint density at radius 1 is 1.00 bits per heavy atom. The van der Waals surface area contributed by atoms with E-state index < -0.39 is 12.0 Å². The van der Waals surface area contributed by atoms with E-state index in [2.05, 4.69) is 0 Å². The lowest BCUT2D eigenvalue weighted by molar-refractivity contribution is -0.139. The highest BCUT2D eigenvalue weighted by Gasteiger charge is 2.34. The van der Waals surface area contributed by atoms with Crippen molar-refractivity contribution in [2.24, 2.45) is 4.99 Å². The summed E-state index contributed by atoms with van der Waals surface area (Å²) < 4.78 is 19.0. The monoisotopic (exact) mass is 542 g/mol. The molecule has 0 aliphatic carbocycles. The Bertz CT molecular complexity index is 1760. The summed E-state index contributed by atoms with van der Waals surface area (Å²) in [6, 6.07) is 18.8. The number of allylic oxidation sites excluding steroid dienone is 1. The maximum absolute atomic E-state index is 14.1. The van der Waals surface area contributed by atoms with Crippen LogP contribution in [0.15, 0.2) is 81.7 Å². The zero-order valence-electron chi connectivity index (χ0n) is 22.4. The van der Waals surface area contributed by atoms with E-state index in [9.17, 15) is 9.59 Å². The topological polar surface area (TPSA) is 79.1 Å². The molecule has 0 radical (unpaired) electrons. The molecule has 1 aliphatic rings. The van der Waals surface area contributed by atoms with Gasteiger partial charge in [-0.2, -0.15) is 0 Å². The molecule has 0 saturated heterocycles. The fraction of sp³-hybridized carbons (Fsp3) is 0.258. The number of hydrogen-bond donors (Lipinski definition) is 0. The number of benzene rings is 3. The lowest BCUT2D eigenvalue weighted by atomic mass is 9.91. The number of aromatic nitrogens is 1. The first-order chi connectivity index (χ1) is 19.0. The van der Waals surface area contributed by atoms with Crippen molar-refractivity contribution in [2.45, 2.75) is 33.7 Å². The van der Waals surface area contributed by atoms with Gasteiger partial charge in [-0.05, 0) is 62.2 Å². The number of carbonyl (C=O) groups excluding carboxylic acids is 1. The second-order valence-corrected chi connectivity index (χ2v) is 9.95. The van der Waals surface area contributed by atoms with E-state index in [1.54, 1.807) is 18.4 Å². The van der Waals surface area contributed by atoms with E-state index in [-0.39, 0.29) is 12.2 Å². The van der Waals surface area contributed by atoms with Crippen LogP contribution in [-0.4, -0.2) is 30.4 Å². The summed E-state index contributed by atoms with van der Waals surface area (Å²) in [5, 5.41) is 1.98. The number of ether oxygens (including phenoxy) is 3. The van der Waals surface area contributed by atoms with Crippen LogP contribution >= 0.6 is 11.3 Å². The minimum atomic E-state index is -0.680. The maximum atomic E-state index is 14.1. The Morgan fingerprint density at radius 3 is 2.54 bits per heavy atom. The van der Waals surface area contributed by atoms with Crippen LogP contribution in [0.4, 0.5) is 0 Å². The minimum absolute atomic E-state index is 0.222. The maximum Gasteiger partial charge on any atom is 0.338 e. The molecule has 200 valence electrons. The van der Waals surface area contributed by atoms with Crippen molar-refractivity contribution in [3.8, 4) is 11.5 Å². The molecule has 8 heteroatoms. The molecule has 5 rings (SSSR count). The zero-order chi connectivity index (χ0) is 27.5. The van der Waals surface area contributed by atoms with Crippen molar-refractivity contribution in [2.75, 3.05) is 19.8 Å². The Labute approximate surface area is 230 Å². The fourth-order valence-electron chi connectivity index (χ4n) is 4.89. The van der Waals surface area contributed by atoms with Gasteiger partial charge in [-0.25, -0.2) is 9.79 Å². The number of hydrogen-bond acceptors (Lipinski definition) is 7.